The van der Waals surface area contributed by atoms with Crippen molar-refractivity contribution in [3.05, 3.63) is 33.8 Å². The quantitative estimate of drug-likeness (QED) is 0.834. The van der Waals surface area contributed by atoms with Gasteiger partial charge in [-0.2, -0.15) is 0 Å². The summed E-state index contributed by atoms with van der Waals surface area (Å²) in [6.07, 6.45) is 1.92. The van der Waals surface area contributed by atoms with Gasteiger partial charge in [-0.25, -0.2) is 8.78 Å². The van der Waals surface area contributed by atoms with E-state index in [0.29, 0.717) is 42.1 Å². The van der Waals surface area contributed by atoms with Crippen molar-refractivity contribution >= 4 is 23.7 Å². The van der Waals surface area contributed by atoms with Crippen LogP contribution < -0.4 is 0 Å². The van der Waals surface area contributed by atoms with Gasteiger partial charge >= 0.3 is 0 Å². The Kier molecular flexibility index (Phi) is 3.93. The van der Waals surface area contributed by atoms with Crippen molar-refractivity contribution < 1.29 is 13.6 Å². The summed E-state index contributed by atoms with van der Waals surface area (Å²) in [5.74, 6) is -2.55. The van der Waals surface area contributed by atoms with Crippen LogP contribution in [0.5, 0.6) is 0 Å². The van der Waals surface area contributed by atoms with E-state index in [2.05, 4.69) is 0 Å². The lowest BCUT2D eigenvalue weighted by atomic mass is 9.86. The summed E-state index contributed by atoms with van der Waals surface area (Å²) in [6, 6.07) is 3.40. The van der Waals surface area contributed by atoms with Crippen LogP contribution in [-0.4, -0.2) is 29.5 Å². The maximum Gasteiger partial charge on any atom is 0.256 e. The molecule has 118 valence electrons. The van der Waals surface area contributed by atoms with Gasteiger partial charge in [0.25, 0.3) is 5.91 Å². The number of carbonyl (C=O) groups is 1. The van der Waals surface area contributed by atoms with E-state index in [4.69, 9.17) is 17.0 Å². The Morgan fingerprint density at radius 3 is 2.68 bits per heavy atom. The number of halogens is 3. The molecule has 1 aliphatic carbocycles. The zero-order valence-electron chi connectivity index (χ0n) is 12.0. The molecule has 0 unspecified atom stereocenters. The third-order valence-electron chi connectivity index (χ3n) is 4.54. The molecule has 1 aliphatic heterocycles. The number of hydrogen-bond acceptors (Lipinski definition) is 2. The second-order valence-corrected chi connectivity index (χ2v) is 6.57. The molecule has 1 heterocycles. The monoisotopic (exact) mass is 326 g/mol. The fourth-order valence-electron chi connectivity index (χ4n) is 3.31. The molecule has 0 radical (unpaired) electrons. The topological polar surface area (TPSA) is 44.2 Å². The zero-order chi connectivity index (χ0) is 15.9. The Hall–Kier alpha value is -1.49. The third-order valence-corrected chi connectivity index (χ3v) is 4.84. The molecule has 1 saturated carbocycles. The minimum Gasteiger partial charge on any atom is -0.334 e. The first kappa shape index (κ1) is 15.4. The summed E-state index contributed by atoms with van der Waals surface area (Å²) >= 11 is 6.14. The van der Waals surface area contributed by atoms with E-state index in [1.54, 1.807) is 17.0 Å². The van der Waals surface area contributed by atoms with Gasteiger partial charge in [0.1, 0.15) is 0 Å². The van der Waals surface area contributed by atoms with Crippen molar-refractivity contribution in [3.63, 3.8) is 0 Å². The van der Waals surface area contributed by atoms with Crippen molar-refractivity contribution in [2.24, 2.45) is 5.92 Å². The fraction of sp³-hybridized carbons (Fsp3) is 0.500. The van der Waals surface area contributed by atoms with Crippen LogP contribution in [0.25, 0.3) is 0 Å². The molecule has 6 heteroatoms. The highest BCUT2D eigenvalue weighted by Crippen LogP contribution is 2.38. The lowest BCUT2D eigenvalue weighted by Gasteiger charge is -2.30. The average molecular weight is 327 g/mol. The number of alkyl halides is 2. The lowest BCUT2D eigenvalue weighted by Crippen LogP contribution is -2.34. The van der Waals surface area contributed by atoms with Crippen molar-refractivity contribution in [2.45, 2.75) is 38.2 Å². The summed E-state index contributed by atoms with van der Waals surface area (Å²) in [5.41, 5.74) is 1.97. The zero-order valence-corrected chi connectivity index (χ0v) is 12.8. The first-order valence-electron chi connectivity index (χ1n) is 7.39. The predicted octanol–water partition coefficient (Wildman–Crippen LogP) is 4.12. The Morgan fingerprint density at radius 1 is 1.36 bits per heavy atom. The Labute approximate surface area is 132 Å². The first-order chi connectivity index (χ1) is 10.4. The summed E-state index contributed by atoms with van der Waals surface area (Å²) in [4.78, 5) is 14.1. The molecule has 1 aromatic rings. The number of fused-ring (bicyclic) bond motifs is 1. The van der Waals surface area contributed by atoms with Gasteiger partial charge in [-0.3, -0.25) is 4.79 Å². The number of rotatable bonds is 3. The van der Waals surface area contributed by atoms with Gasteiger partial charge < -0.3 is 10.3 Å². The molecule has 3 rings (SSSR count). The van der Waals surface area contributed by atoms with E-state index in [1.807, 2.05) is 0 Å². The lowest BCUT2D eigenvalue weighted by molar-refractivity contribution is -0.0480. The third kappa shape index (κ3) is 2.86. The van der Waals surface area contributed by atoms with Gasteiger partial charge in [0.15, 0.2) is 0 Å². The molecule has 1 fully saturated rings. The molecule has 0 bridgehead atoms. The van der Waals surface area contributed by atoms with Crippen molar-refractivity contribution in [3.8, 4) is 0 Å². The molecule has 0 spiro atoms. The minimum atomic E-state index is -2.54. The molecule has 1 N–H and O–H groups in total. The summed E-state index contributed by atoms with van der Waals surface area (Å²) in [7, 11) is 0. The van der Waals surface area contributed by atoms with Gasteiger partial charge in [0.05, 0.1) is 10.6 Å². The highest BCUT2D eigenvalue weighted by atomic mass is 35.5. The number of benzene rings is 1. The van der Waals surface area contributed by atoms with Crippen LogP contribution in [-0.2, 0) is 6.54 Å². The van der Waals surface area contributed by atoms with Gasteiger partial charge in [-0.15, -0.1) is 0 Å². The largest absolute Gasteiger partial charge is 0.334 e. The SMILES string of the molecule is N=Cc1cc(Cl)c2c(c1)CN(CC1CCC(F)(F)CC1)C2=O. The minimum absolute atomic E-state index is 0.0919. The van der Waals surface area contributed by atoms with E-state index in [1.165, 1.54) is 6.21 Å². The highest BCUT2D eigenvalue weighted by Gasteiger charge is 2.37. The molecular formula is C16H17ClF2N2O. The van der Waals surface area contributed by atoms with E-state index in [9.17, 15) is 13.6 Å². The van der Waals surface area contributed by atoms with Crippen molar-refractivity contribution in [1.29, 1.82) is 5.41 Å². The van der Waals surface area contributed by atoms with Crippen LogP contribution in [0.2, 0.25) is 5.02 Å². The number of nitrogens with one attached hydrogen (secondary N) is 1. The molecule has 1 amide bonds. The second-order valence-electron chi connectivity index (χ2n) is 6.17. The van der Waals surface area contributed by atoms with E-state index in [-0.39, 0.29) is 24.7 Å². The molecule has 3 nitrogen and oxygen atoms in total. The molecule has 1 aromatic carbocycles. The second kappa shape index (κ2) is 5.61. The smallest absolute Gasteiger partial charge is 0.256 e. The number of nitrogens with zero attached hydrogens (tertiary/aromatic N) is 1. The van der Waals surface area contributed by atoms with E-state index < -0.39 is 5.92 Å². The molecule has 0 atom stereocenters. The van der Waals surface area contributed by atoms with Crippen LogP contribution in [0.3, 0.4) is 0 Å². The Morgan fingerprint density at radius 2 is 2.05 bits per heavy atom. The average Bonchev–Trinajstić information content (AvgIpc) is 2.78. The summed E-state index contributed by atoms with van der Waals surface area (Å²) in [6.45, 7) is 0.947. The van der Waals surface area contributed by atoms with Gasteiger partial charge in [-0.1, -0.05) is 11.6 Å². The van der Waals surface area contributed by atoms with Crippen molar-refractivity contribution in [1.82, 2.24) is 4.90 Å². The number of amides is 1. The van der Waals surface area contributed by atoms with Crippen molar-refractivity contribution in [2.75, 3.05) is 6.54 Å². The Balaban J connectivity index is 1.72. The Bertz CT molecular complexity index is 623. The van der Waals surface area contributed by atoms with E-state index >= 15 is 0 Å². The molecule has 0 aromatic heterocycles. The number of hydrogen-bond donors (Lipinski definition) is 1. The van der Waals surface area contributed by atoms with Crippen LogP contribution in [0, 0.1) is 11.3 Å². The maximum atomic E-state index is 13.2. The molecular weight excluding hydrogens is 310 g/mol. The molecule has 2 aliphatic rings. The fourth-order valence-corrected chi connectivity index (χ4v) is 3.64. The molecule has 22 heavy (non-hydrogen) atoms. The van der Waals surface area contributed by atoms with Crippen LogP contribution >= 0.6 is 11.6 Å². The van der Waals surface area contributed by atoms with Crippen LogP contribution in [0.15, 0.2) is 12.1 Å². The predicted molar refractivity (Wildman–Crippen MR) is 81.0 cm³/mol. The standard InChI is InChI=1S/C16H17ClF2N2O/c17-13-6-11(7-20)5-12-9-21(15(22)14(12)13)8-10-1-3-16(18,19)4-2-10/h5-7,10,20H,1-4,8-9H2. The summed E-state index contributed by atoms with van der Waals surface area (Å²) in [5, 5.41) is 7.65. The first-order valence-corrected chi connectivity index (χ1v) is 7.77. The van der Waals surface area contributed by atoms with Gasteiger partial charge in [0, 0.05) is 32.1 Å². The maximum absolute atomic E-state index is 13.2. The molecule has 0 saturated heterocycles. The van der Waals surface area contributed by atoms with E-state index in [0.717, 1.165) is 5.56 Å². The highest BCUT2D eigenvalue weighted by molar-refractivity contribution is 6.34. The normalized spacial score (nSPS) is 21.0. The van der Waals surface area contributed by atoms with Crippen LogP contribution in [0.4, 0.5) is 8.78 Å². The number of carbonyl (C=O) groups excluding carboxylic acids is 1. The van der Waals surface area contributed by atoms with Gasteiger partial charge in [0.2, 0.25) is 5.92 Å². The van der Waals surface area contributed by atoms with Gasteiger partial charge in [-0.05, 0) is 42.0 Å². The van der Waals surface area contributed by atoms with Crippen LogP contribution in [0.1, 0.15) is 47.2 Å². The summed E-state index contributed by atoms with van der Waals surface area (Å²) < 4.78 is 26.4.